The normalized spacial score (nSPS) is 13.4. The lowest BCUT2D eigenvalue weighted by Crippen LogP contribution is -2.33. The molecule has 4 nitrogen and oxygen atoms in total. The van der Waals surface area contributed by atoms with Gasteiger partial charge in [-0.25, -0.2) is 12.8 Å². The molecular weight excluding hydrogens is 267 g/mol. The van der Waals surface area contributed by atoms with Gasteiger partial charge in [0, 0.05) is 11.6 Å². The molecule has 96 valence electrons. The van der Waals surface area contributed by atoms with Crippen LogP contribution in [0.4, 0.5) is 10.1 Å². The molecule has 0 spiro atoms. The first-order chi connectivity index (χ1) is 7.85. The van der Waals surface area contributed by atoms with E-state index in [0.29, 0.717) is 6.54 Å². The summed E-state index contributed by atoms with van der Waals surface area (Å²) >= 11 is 5.63. The van der Waals surface area contributed by atoms with Gasteiger partial charge in [-0.3, -0.25) is 4.72 Å². The van der Waals surface area contributed by atoms with Crippen molar-refractivity contribution in [2.75, 3.05) is 18.3 Å². The minimum Gasteiger partial charge on any atom is -0.318 e. The topological polar surface area (TPSA) is 58.2 Å². The Labute approximate surface area is 105 Å². The van der Waals surface area contributed by atoms with Crippen molar-refractivity contribution in [3.63, 3.8) is 0 Å². The molecule has 1 aromatic rings. The quantitative estimate of drug-likeness (QED) is 0.865. The van der Waals surface area contributed by atoms with Crippen molar-refractivity contribution in [1.29, 1.82) is 0 Å². The number of nitrogens with one attached hydrogen (secondary N) is 2. The van der Waals surface area contributed by atoms with Crippen LogP contribution < -0.4 is 10.0 Å². The largest absolute Gasteiger partial charge is 0.318 e. The molecule has 1 atom stereocenters. The highest BCUT2D eigenvalue weighted by Crippen LogP contribution is 2.19. The molecule has 17 heavy (non-hydrogen) atoms. The summed E-state index contributed by atoms with van der Waals surface area (Å²) in [5, 5.41) is 2.28. The number of benzene rings is 1. The van der Waals surface area contributed by atoms with Gasteiger partial charge in [-0.2, -0.15) is 0 Å². The van der Waals surface area contributed by atoms with Crippen molar-refractivity contribution >= 4 is 27.3 Å². The predicted molar refractivity (Wildman–Crippen MR) is 67.3 cm³/mol. The molecule has 0 heterocycles. The van der Waals surface area contributed by atoms with Gasteiger partial charge < -0.3 is 5.32 Å². The van der Waals surface area contributed by atoms with E-state index in [1.165, 1.54) is 6.07 Å². The van der Waals surface area contributed by atoms with E-state index in [1.54, 1.807) is 14.0 Å². The van der Waals surface area contributed by atoms with E-state index in [1.807, 2.05) is 0 Å². The van der Waals surface area contributed by atoms with Crippen LogP contribution in [-0.4, -0.2) is 27.3 Å². The summed E-state index contributed by atoms with van der Waals surface area (Å²) in [5.41, 5.74) is 0.123. The molecule has 0 aromatic heterocycles. The zero-order chi connectivity index (χ0) is 13.1. The maximum Gasteiger partial charge on any atom is 0.236 e. The molecule has 7 heteroatoms. The summed E-state index contributed by atoms with van der Waals surface area (Å²) in [6, 6.07) is 3.54. The van der Waals surface area contributed by atoms with Crippen molar-refractivity contribution in [2.45, 2.75) is 12.2 Å². The summed E-state index contributed by atoms with van der Waals surface area (Å²) in [5.74, 6) is -0.587. The molecule has 0 saturated heterocycles. The first-order valence-electron chi connectivity index (χ1n) is 4.97. The zero-order valence-corrected chi connectivity index (χ0v) is 11.1. The molecule has 0 amide bonds. The lowest BCUT2D eigenvalue weighted by molar-refractivity contribution is 0.583. The fraction of sp³-hybridized carbons (Fsp3) is 0.400. The summed E-state index contributed by atoms with van der Waals surface area (Å²) in [7, 11) is -1.89. The fourth-order valence-corrected chi connectivity index (χ4v) is 2.53. The summed E-state index contributed by atoms with van der Waals surface area (Å²) < 4.78 is 38.9. The van der Waals surface area contributed by atoms with E-state index >= 15 is 0 Å². The van der Waals surface area contributed by atoms with E-state index in [9.17, 15) is 12.8 Å². The molecular formula is C10H14ClFN2O2S. The first kappa shape index (κ1) is 14.2. The number of hydrogen-bond acceptors (Lipinski definition) is 3. The highest BCUT2D eigenvalue weighted by atomic mass is 35.5. The van der Waals surface area contributed by atoms with Gasteiger partial charge in [0.2, 0.25) is 10.0 Å². The van der Waals surface area contributed by atoms with Crippen LogP contribution in [-0.2, 0) is 10.0 Å². The standard InChI is InChI=1S/C10H14ClFN2O2S/c1-7(6-13-2)17(15,16)14-10-4-8(11)3-9(12)5-10/h3-5,7,13-14H,6H2,1-2H3. The number of sulfonamides is 1. The van der Waals surface area contributed by atoms with Gasteiger partial charge >= 0.3 is 0 Å². The molecule has 1 unspecified atom stereocenters. The van der Waals surface area contributed by atoms with Crippen LogP contribution in [0.15, 0.2) is 18.2 Å². The van der Waals surface area contributed by atoms with Gasteiger partial charge in [-0.05, 0) is 32.2 Å². The first-order valence-corrected chi connectivity index (χ1v) is 6.90. The van der Waals surface area contributed by atoms with E-state index < -0.39 is 21.1 Å². The second kappa shape index (κ2) is 5.66. The Morgan fingerprint density at radius 2 is 2.06 bits per heavy atom. The highest BCUT2D eigenvalue weighted by molar-refractivity contribution is 7.93. The van der Waals surface area contributed by atoms with Gasteiger partial charge in [-0.15, -0.1) is 0 Å². The molecule has 0 aliphatic carbocycles. The number of anilines is 1. The fourth-order valence-electron chi connectivity index (χ4n) is 1.27. The van der Waals surface area contributed by atoms with Crippen molar-refractivity contribution in [1.82, 2.24) is 5.32 Å². The van der Waals surface area contributed by atoms with Crippen LogP contribution in [0.3, 0.4) is 0 Å². The third-order valence-electron chi connectivity index (χ3n) is 2.14. The Hall–Kier alpha value is -0.850. The molecule has 0 saturated carbocycles. The molecule has 1 aromatic carbocycles. The van der Waals surface area contributed by atoms with Gasteiger partial charge in [0.1, 0.15) is 5.82 Å². The average Bonchev–Trinajstić information content (AvgIpc) is 2.15. The van der Waals surface area contributed by atoms with Crippen molar-refractivity contribution < 1.29 is 12.8 Å². The smallest absolute Gasteiger partial charge is 0.236 e. The minimum absolute atomic E-state index is 0.123. The highest BCUT2D eigenvalue weighted by Gasteiger charge is 2.20. The third kappa shape index (κ3) is 4.14. The van der Waals surface area contributed by atoms with Gasteiger partial charge in [0.15, 0.2) is 0 Å². The second-order valence-electron chi connectivity index (χ2n) is 3.67. The number of hydrogen-bond donors (Lipinski definition) is 2. The lowest BCUT2D eigenvalue weighted by Gasteiger charge is -2.14. The number of rotatable bonds is 5. The van der Waals surface area contributed by atoms with Crippen LogP contribution in [0.5, 0.6) is 0 Å². The van der Waals surface area contributed by atoms with E-state index in [2.05, 4.69) is 10.0 Å². The maximum atomic E-state index is 13.0. The Bertz CT molecular complexity index is 473. The van der Waals surface area contributed by atoms with Crippen molar-refractivity contribution in [3.8, 4) is 0 Å². The summed E-state index contributed by atoms with van der Waals surface area (Å²) in [6.07, 6.45) is 0. The molecule has 0 fully saturated rings. The van der Waals surface area contributed by atoms with Gasteiger partial charge in [0.05, 0.1) is 10.9 Å². The van der Waals surface area contributed by atoms with Crippen LogP contribution >= 0.6 is 11.6 Å². The molecule has 0 aliphatic rings. The van der Waals surface area contributed by atoms with Gasteiger partial charge in [-0.1, -0.05) is 11.6 Å². The second-order valence-corrected chi connectivity index (χ2v) is 6.21. The summed E-state index contributed by atoms with van der Waals surface area (Å²) in [6.45, 7) is 1.86. The molecule has 0 bridgehead atoms. The lowest BCUT2D eigenvalue weighted by atomic mass is 10.3. The van der Waals surface area contributed by atoms with E-state index in [0.717, 1.165) is 12.1 Å². The summed E-state index contributed by atoms with van der Waals surface area (Å²) in [4.78, 5) is 0. The van der Waals surface area contributed by atoms with E-state index in [-0.39, 0.29) is 10.7 Å². The van der Waals surface area contributed by atoms with Crippen LogP contribution in [0.2, 0.25) is 5.02 Å². The average molecular weight is 281 g/mol. The molecule has 0 aliphatic heterocycles. The Kier molecular flexibility index (Phi) is 4.73. The number of halogens is 2. The molecule has 0 radical (unpaired) electrons. The monoisotopic (exact) mass is 280 g/mol. The Balaban J connectivity index is 2.90. The minimum atomic E-state index is -3.55. The van der Waals surface area contributed by atoms with Crippen LogP contribution in [0.1, 0.15) is 6.92 Å². The van der Waals surface area contributed by atoms with Crippen molar-refractivity contribution in [3.05, 3.63) is 29.0 Å². The third-order valence-corrected chi connectivity index (χ3v) is 4.11. The molecule has 1 rings (SSSR count). The van der Waals surface area contributed by atoms with E-state index in [4.69, 9.17) is 11.6 Å². The molecule has 2 N–H and O–H groups in total. The van der Waals surface area contributed by atoms with Crippen molar-refractivity contribution in [2.24, 2.45) is 0 Å². The predicted octanol–water partition coefficient (Wildman–Crippen LogP) is 1.83. The maximum absolute atomic E-state index is 13.0. The van der Waals surface area contributed by atoms with Crippen LogP contribution in [0, 0.1) is 5.82 Å². The van der Waals surface area contributed by atoms with Gasteiger partial charge in [0.25, 0.3) is 0 Å². The Morgan fingerprint density at radius 3 is 2.59 bits per heavy atom. The van der Waals surface area contributed by atoms with Crippen LogP contribution in [0.25, 0.3) is 0 Å². The Morgan fingerprint density at radius 1 is 1.41 bits per heavy atom. The SMILES string of the molecule is CNCC(C)S(=O)(=O)Nc1cc(F)cc(Cl)c1. The zero-order valence-electron chi connectivity index (χ0n) is 9.50.